The summed E-state index contributed by atoms with van der Waals surface area (Å²) in [5.74, 6) is 0.570. The number of rotatable bonds is 4. The minimum absolute atomic E-state index is 0.0666. The zero-order chi connectivity index (χ0) is 14.5. The second kappa shape index (κ2) is 6.47. The summed E-state index contributed by atoms with van der Waals surface area (Å²) >= 11 is 0. The largest absolute Gasteiger partial charge is 0.327 e. The van der Waals surface area contributed by atoms with Crippen LogP contribution in [0.25, 0.3) is 0 Å². The molecule has 0 radical (unpaired) electrons. The normalized spacial score (nSPS) is 22.2. The van der Waals surface area contributed by atoms with Crippen molar-refractivity contribution in [3.05, 3.63) is 34.4 Å². The molecule has 0 spiro atoms. The van der Waals surface area contributed by atoms with Crippen molar-refractivity contribution in [2.75, 3.05) is 25.0 Å². The molecule has 1 aromatic rings. The first-order valence-corrected chi connectivity index (χ1v) is 6.93. The molecule has 1 saturated heterocycles. The van der Waals surface area contributed by atoms with Crippen molar-refractivity contribution in [2.24, 2.45) is 5.92 Å². The number of nitro benzene ring substituents is 1. The molecule has 1 heterocycles. The fourth-order valence-electron chi connectivity index (χ4n) is 2.51. The Bertz CT molecular complexity index is 496. The van der Waals surface area contributed by atoms with Crippen LogP contribution in [-0.2, 0) is 4.79 Å². The van der Waals surface area contributed by atoms with Crippen molar-refractivity contribution in [3.8, 4) is 0 Å². The van der Waals surface area contributed by atoms with E-state index in [0.29, 0.717) is 6.54 Å². The fraction of sp³-hybridized carbons (Fsp3) is 0.500. The Balaban J connectivity index is 1.93. The number of amides is 1. The molecule has 1 aliphatic rings. The first kappa shape index (κ1) is 14.5. The van der Waals surface area contributed by atoms with Gasteiger partial charge in [-0.05, 0) is 24.8 Å². The molecule has 1 aliphatic heterocycles. The van der Waals surface area contributed by atoms with Gasteiger partial charge in [0.2, 0.25) is 0 Å². The molecule has 6 heteroatoms. The van der Waals surface area contributed by atoms with Gasteiger partial charge in [0.1, 0.15) is 5.69 Å². The summed E-state index contributed by atoms with van der Waals surface area (Å²) in [5, 5.41) is 13.5. The summed E-state index contributed by atoms with van der Waals surface area (Å²) in [5.41, 5.74) is 0.204. The Kier molecular flexibility index (Phi) is 4.68. The molecule has 2 N–H and O–H groups in total. The highest BCUT2D eigenvalue weighted by molar-refractivity contribution is 5.93. The first-order chi connectivity index (χ1) is 9.56. The third-order valence-electron chi connectivity index (χ3n) is 3.77. The molecular formula is C14H20N3O3+. The smallest absolute Gasteiger partial charge is 0.292 e. The summed E-state index contributed by atoms with van der Waals surface area (Å²) in [4.78, 5) is 23.6. The lowest BCUT2D eigenvalue weighted by Crippen LogP contribution is -3.14. The monoisotopic (exact) mass is 278 g/mol. The van der Waals surface area contributed by atoms with E-state index < -0.39 is 4.92 Å². The van der Waals surface area contributed by atoms with Crippen LogP contribution in [0.4, 0.5) is 11.4 Å². The van der Waals surface area contributed by atoms with E-state index in [1.807, 2.05) is 0 Å². The summed E-state index contributed by atoms with van der Waals surface area (Å²) in [6, 6.07) is 6.22. The van der Waals surface area contributed by atoms with E-state index in [9.17, 15) is 14.9 Å². The Labute approximate surface area is 117 Å². The minimum atomic E-state index is -0.481. The highest BCUT2D eigenvalue weighted by Gasteiger charge is 2.22. The number of hydrogen-bond acceptors (Lipinski definition) is 3. The van der Waals surface area contributed by atoms with E-state index in [1.54, 1.807) is 18.2 Å². The van der Waals surface area contributed by atoms with Gasteiger partial charge in [-0.1, -0.05) is 19.1 Å². The second-order valence-corrected chi connectivity index (χ2v) is 5.43. The lowest BCUT2D eigenvalue weighted by molar-refractivity contribution is -0.897. The Hall–Kier alpha value is -1.95. The van der Waals surface area contributed by atoms with Crippen LogP contribution in [-0.4, -0.2) is 30.5 Å². The number of likely N-dealkylation sites (tertiary alicyclic amines) is 1. The van der Waals surface area contributed by atoms with Crippen molar-refractivity contribution in [1.82, 2.24) is 0 Å². The highest BCUT2D eigenvalue weighted by atomic mass is 16.6. The lowest BCUT2D eigenvalue weighted by atomic mass is 9.99. The van der Waals surface area contributed by atoms with Crippen molar-refractivity contribution in [2.45, 2.75) is 19.8 Å². The number of benzene rings is 1. The van der Waals surface area contributed by atoms with Gasteiger partial charge >= 0.3 is 0 Å². The number of nitrogens with zero attached hydrogens (tertiary/aromatic N) is 1. The van der Waals surface area contributed by atoms with Gasteiger partial charge in [-0.25, -0.2) is 0 Å². The van der Waals surface area contributed by atoms with Crippen molar-refractivity contribution < 1.29 is 14.6 Å². The zero-order valence-electron chi connectivity index (χ0n) is 11.6. The molecular weight excluding hydrogens is 258 g/mol. The number of anilines is 1. The van der Waals surface area contributed by atoms with Crippen LogP contribution in [0.2, 0.25) is 0 Å². The van der Waals surface area contributed by atoms with E-state index in [-0.39, 0.29) is 17.3 Å². The van der Waals surface area contributed by atoms with Gasteiger partial charge in [-0.15, -0.1) is 0 Å². The van der Waals surface area contributed by atoms with Gasteiger partial charge in [0, 0.05) is 6.07 Å². The van der Waals surface area contributed by atoms with E-state index in [2.05, 4.69) is 12.2 Å². The van der Waals surface area contributed by atoms with Crippen LogP contribution < -0.4 is 10.2 Å². The molecule has 2 rings (SSSR count). The Morgan fingerprint density at radius 3 is 2.70 bits per heavy atom. The van der Waals surface area contributed by atoms with Crippen molar-refractivity contribution in [3.63, 3.8) is 0 Å². The fourth-order valence-corrected chi connectivity index (χ4v) is 2.51. The molecule has 1 aromatic carbocycles. The predicted octanol–water partition coefficient (Wildman–Crippen LogP) is 0.848. The molecule has 1 fully saturated rings. The van der Waals surface area contributed by atoms with Crippen LogP contribution in [0.5, 0.6) is 0 Å². The summed E-state index contributed by atoms with van der Waals surface area (Å²) in [6.45, 7) is 4.58. The predicted molar refractivity (Wildman–Crippen MR) is 75.7 cm³/mol. The van der Waals surface area contributed by atoms with Crippen LogP contribution >= 0.6 is 0 Å². The Morgan fingerprint density at radius 1 is 1.40 bits per heavy atom. The third-order valence-corrected chi connectivity index (χ3v) is 3.77. The van der Waals surface area contributed by atoms with Crippen LogP contribution in [0.15, 0.2) is 24.3 Å². The number of para-hydroxylation sites is 2. The van der Waals surface area contributed by atoms with Gasteiger partial charge < -0.3 is 10.2 Å². The standard InChI is InChI=1S/C14H19N3O3/c1-11-6-8-16(9-7-11)10-14(18)15-12-4-2-3-5-13(12)17(19)20/h2-5,11H,6-10H2,1H3,(H,15,18)/p+1. The molecule has 0 saturated carbocycles. The number of carbonyl (C=O) groups excluding carboxylic acids is 1. The highest BCUT2D eigenvalue weighted by Crippen LogP contribution is 2.22. The van der Waals surface area contributed by atoms with E-state index in [1.165, 1.54) is 11.0 Å². The first-order valence-electron chi connectivity index (χ1n) is 6.93. The minimum Gasteiger partial charge on any atom is -0.327 e. The van der Waals surface area contributed by atoms with Gasteiger partial charge in [0.15, 0.2) is 6.54 Å². The molecule has 20 heavy (non-hydrogen) atoms. The third kappa shape index (κ3) is 3.77. The SMILES string of the molecule is CC1CC[NH+](CC(=O)Nc2ccccc2[N+](=O)[O-])CC1. The zero-order valence-corrected chi connectivity index (χ0v) is 11.6. The van der Waals surface area contributed by atoms with Crippen molar-refractivity contribution in [1.29, 1.82) is 0 Å². The summed E-state index contributed by atoms with van der Waals surface area (Å²) < 4.78 is 0. The topological polar surface area (TPSA) is 76.7 Å². The lowest BCUT2D eigenvalue weighted by Gasteiger charge is -2.26. The maximum absolute atomic E-state index is 12.0. The van der Waals surface area contributed by atoms with Crippen LogP contribution in [0, 0.1) is 16.0 Å². The summed E-state index contributed by atoms with van der Waals surface area (Å²) in [6.07, 6.45) is 2.27. The molecule has 6 nitrogen and oxygen atoms in total. The molecule has 0 atom stereocenters. The quantitative estimate of drug-likeness (QED) is 0.633. The van der Waals surface area contributed by atoms with E-state index in [4.69, 9.17) is 0 Å². The van der Waals surface area contributed by atoms with Gasteiger partial charge in [-0.3, -0.25) is 14.9 Å². The van der Waals surface area contributed by atoms with Crippen LogP contribution in [0.3, 0.4) is 0 Å². The molecule has 0 aromatic heterocycles. The second-order valence-electron chi connectivity index (χ2n) is 5.43. The number of quaternary nitrogens is 1. The van der Waals surface area contributed by atoms with E-state index in [0.717, 1.165) is 31.8 Å². The number of nitro groups is 1. The van der Waals surface area contributed by atoms with E-state index >= 15 is 0 Å². The number of nitrogens with one attached hydrogen (secondary N) is 2. The average Bonchev–Trinajstić information content (AvgIpc) is 2.41. The van der Waals surface area contributed by atoms with Gasteiger partial charge in [-0.2, -0.15) is 0 Å². The molecule has 0 aliphatic carbocycles. The van der Waals surface area contributed by atoms with Gasteiger partial charge in [0.25, 0.3) is 11.6 Å². The molecule has 108 valence electrons. The van der Waals surface area contributed by atoms with Gasteiger partial charge in [0.05, 0.1) is 18.0 Å². The number of piperidine rings is 1. The maximum atomic E-state index is 12.0. The summed E-state index contributed by atoms with van der Waals surface area (Å²) in [7, 11) is 0. The maximum Gasteiger partial charge on any atom is 0.292 e. The van der Waals surface area contributed by atoms with Crippen molar-refractivity contribution >= 4 is 17.3 Å². The molecule has 1 amide bonds. The van der Waals surface area contributed by atoms with Crippen LogP contribution in [0.1, 0.15) is 19.8 Å². The number of hydrogen-bond donors (Lipinski definition) is 2. The average molecular weight is 278 g/mol. The molecule has 0 bridgehead atoms. The number of carbonyl (C=O) groups is 1. The Morgan fingerprint density at radius 2 is 2.05 bits per heavy atom. The molecule has 0 unspecified atom stereocenters.